The number of benzene rings is 1. The van der Waals surface area contributed by atoms with Gasteiger partial charge in [0.2, 0.25) is 0 Å². The Kier molecular flexibility index (Phi) is 4.34. The summed E-state index contributed by atoms with van der Waals surface area (Å²) in [6, 6.07) is 3.76. The van der Waals surface area contributed by atoms with E-state index in [1.54, 1.807) is 6.92 Å². The predicted octanol–water partition coefficient (Wildman–Crippen LogP) is 1.43. The van der Waals surface area contributed by atoms with Gasteiger partial charge in [-0.15, -0.1) is 16.4 Å². The fraction of sp³-hybridized carbons (Fsp3) is 0.267. The maximum absolute atomic E-state index is 13.3. The summed E-state index contributed by atoms with van der Waals surface area (Å²) >= 11 is 1.31. The Labute approximate surface area is 140 Å². The third kappa shape index (κ3) is 3.16. The highest BCUT2D eigenvalue weighted by Gasteiger charge is 2.13. The van der Waals surface area contributed by atoms with E-state index in [1.165, 1.54) is 23.5 Å². The monoisotopic (exact) mass is 347 g/mol. The molecule has 0 aliphatic heterocycles. The minimum atomic E-state index is -0.511. The van der Waals surface area contributed by atoms with Crippen LogP contribution in [0.2, 0.25) is 0 Å². The van der Waals surface area contributed by atoms with E-state index < -0.39 is 11.4 Å². The largest absolute Gasteiger partial charge is 0.349 e. The molecule has 1 N–H and O–H groups in total. The molecule has 3 rings (SSSR count). The van der Waals surface area contributed by atoms with E-state index in [9.17, 15) is 14.0 Å². The molecule has 24 heavy (non-hydrogen) atoms. The molecule has 0 saturated carbocycles. The standard InChI is InChI=1S/C15H14FN5O2S/c1-8-13(24-9(2)18-8)14(22)17-5-6-21-15(23)11-7-10(16)3-4-12(11)19-20-21/h3-4,7H,5-6H2,1-2H3,(H,17,22). The summed E-state index contributed by atoms with van der Waals surface area (Å²) in [5.41, 5.74) is 0.559. The summed E-state index contributed by atoms with van der Waals surface area (Å²) in [7, 11) is 0. The molecule has 124 valence electrons. The maximum atomic E-state index is 13.3. The molecule has 1 amide bonds. The molecule has 1 aromatic carbocycles. The Balaban J connectivity index is 1.72. The fourth-order valence-electron chi connectivity index (χ4n) is 2.29. The zero-order chi connectivity index (χ0) is 17.3. The van der Waals surface area contributed by atoms with E-state index in [2.05, 4.69) is 20.6 Å². The highest BCUT2D eigenvalue weighted by atomic mass is 32.1. The van der Waals surface area contributed by atoms with Crippen LogP contribution in [0.1, 0.15) is 20.4 Å². The number of amides is 1. The molecule has 0 aliphatic rings. The van der Waals surface area contributed by atoms with Gasteiger partial charge in [-0.2, -0.15) is 0 Å². The van der Waals surface area contributed by atoms with E-state index in [0.717, 1.165) is 15.8 Å². The molecule has 0 radical (unpaired) electrons. The number of hydrogen-bond donors (Lipinski definition) is 1. The number of nitrogens with one attached hydrogen (secondary N) is 1. The molecule has 0 aliphatic carbocycles. The van der Waals surface area contributed by atoms with Gasteiger partial charge in [-0.25, -0.2) is 14.1 Å². The summed E-state index contributed by atoms with van der Waals surface area (Å²) in [6.07, 6.45) is 0. The summed E-state index contributed by atoms with van der Waals surface area (Å²) < 4.78 is 14.4. The highest BCUT2D eigenvalue weighted by Crippen LogP contribution is 2.16. The summed E-state index contributed by atoms with van der Waals surface area (Å²) in [4.78, 5) is 29.1. The number of rotatable bonds is 4. The Bertz CT molecular complexity index is 982. The van der Waals surface area contributed by atoms with Gasteiger partial charge >= 0.3 is 0 Å². The quantitative estimate of drug-likeness (QED) is 0.771. The van der Waals surface area contributed by atoms with E-state index in [0.29, 0.717) is 16.1 Å². The minimum Gasteiger partial charge on any atom is -0.349 e. The lowest BCUT2D eigenvalue weighted by Crippen LogP contribution is -2.32. The second-order valence-corrected chi connectivity index (χ2v) is 6.39. The van der Waals surface area contributed by atoms with Crippen LogP contribution < -0.4 is 10.9 Å². The Morgan fingerprint density at radius 3 is 2.88 bits per heavy atom. The average Bonchev–Trinajstić information content (AvgIpc) is 2.88. The van der Waals surface area contributed by atoms with Gasteiger partial charge in [-0.3, -0.25) is 9.59 Å². The molecule has 2 heterocycles. The normalized spacial score (nSPS) is 11.0. The molecule has 0 bridgehead atoms. The van der Waals surface area contributed by atoms with Gasteiger partial charge in [0.15, 0.2) is 0 Å². The Morgan fingerprint density at radius 2 is 2.17 bits per heavy atom. The Hall–Kier alpha value is -2.68. The molecule has 0 atom stereocenters. The number of aromatic nitrogens is 4. The number of halogens is 1. The van der Waals surface area contributed by atoms with Crippen LogP contribution in [0.25, 0.3) is 10.9 Å². The number of nitrogens with zero attached hydrogens (tertiary/aromatic N) is 4. The third-order valence-electron chi connectivity index (χ3n) is 3.40. The molecule has 3 aromatic rings. The number of carbonyl (C=O) groups excluding carboxylic acids is 1. The average molecular weight is 347 g/mol. The van der Waals surface area contributed by atoms with E-state index in [-0.39, 0.29) is 24.4 Å². The lowest BCUT2D eigenvalue weighted by atomic mass is 10.2. The molecule has 7 nitrogen and oxygen atoms in total. The van der Waals surface area contributed by atoms with Crippen molar-refractivity contribution in [3.8, 4) is 0 Å². The molecular weight excluding hydrogens is 333 g/mol. The number of fused-ring (bicyclic) bond motifs is 1. The van der Waals surface area contributed by atoms with Gasteiger partial charge in [-0.1, -0.05) is 5.21 Å². The SMILES string of the molecule is Cc1nc(C)c(C(=O)NCCn2nnc3ccc(F)cc3c2=O)s1. The van der Waals surface area contributed by atoms with Gasteiger partial charge in [-0.05, 0) is 32.0 Å². The van der Waals surface area contributed by atoms with Gasteiger partial charge in [0, 0.05) is 6.54 Å². The molecule has 0 unspecified atom stereocenters. The molecular formula is C15H14FN5O2S. The molecule has 0 saturated heterocycles. The fourth-order valence-corrected chi connectivity index (χ4v) is 3.13. The maximum Gasteiger partial charge on any atom is 0.277 e. The van der Waals surface area contributed by atoms with Crippen molar-refractivity contribution >= 4 is 28.1 Å². The van der Waals surface area contributed by atoms with Crippen LogP contribution in [0, 0.1) is 19.7 Å². The first-order valence-corrected chi connectivity index (χ1v) is 8.02. The van der Waals surface area contributed by atoms with Crippen molar-refractivity contribution in [3.05, 3.63) is 49.9 Å². The van der Waals surface area contributed by atoms with Crippen molar-refractivity contribution in [2.45, 2.75) is 20.4 Å². The van der Waals surface area contributed by atoms with E-state index in [1.807, 2.05) is 6.92 Å². The van der Waals surface area contributed by atoms with Crippen LogP contribution >= 0.6 is 11.3 Å². The van der Waals surface area contributed by atoms with Crippen molar-refractivity contribution in [2.75, 3.05) is 6.54 Å². The zero-order valence-corrected chi connectivity index (χ0v) is 13.9. The smallest absolute Gasteiger partial charge is 0.277 e. The van der Waals surface area contributed by atoms with Gasteiger partial charge in [0.25, 0.3) is 11.5 Å². The first-order valence-electron chi connectivity index (χ1n) is 7.21. The van der Waals surface area contributed by atoms with Crippen molar-refractivity contribution < 1.29 is 9.18 Å². The molecule has 0 spiro atoms. The number of hydrogen-bond acceptors (Lipinski definition) is 6. The van der Waals surface area contributed by atoms with Crippen molar-refractivity contribution in [3.63, 3.8) is 0 Å². The van der Waals surface area contributed by atoms with E-state index >= 15 is 0 Å². The molecule has 0 fully saturated rings. The van der Waals surface area contributed by atoms with Crippen LogP contribution in [0.4, 0.5) is 4.39 Å². The third-order valence-corrected chi connectivity index (χ3v) is 4.47. The first kappa shape index (κ1) is 16.2. The molecule has 2 aromatic heterocycles. The van der Waals surface area contributed by atoms with Crippen molar-refractivity contribution in [1.29, 1.82) is 0 Å². The van der Waals surface area contributed by atoms with Crippen LogP contribution in [0.15, 0.2) is 23.0 Å². The van der Waals surface area contributed by atoms with Crippen LogP contribution in [0.5, 0.6) is 0 Å². The van der Waals surface area contributed by atoms with Gasteiger partial charge in [0.1, 0.15) is 16.2 Å². The number of carbonyl (C=O) groups is 1. The summed E-state index contributed by atoms with van der Waals surface area (Å²) in [6.45, 7) is 3.94. The zero-order valence-electron chi connectivity index (χ0n) is 13.0. The second-order valence-electron chi connectivity index (χ2n) is 5.18. The predicted molar refractivity (Wildman–Crippen MR) is 87.7 cm³/mol. The van der Waals surface area contributed by atoms with Crippen molar-refractivity contribution in [2.24, 2.45) is 0 Å². The van der Waals surface area contributed by atoms with Crippen LogP contribution in [0.3, 0.4) is 0 Å². The number of thiazole rings is 1. The van der Waals surface area contributed by atoms with Gasteiger partial charge in [0.05, 0.1) is 22.6 Å². The van der Waals surface area contributed by atoms with Crippen LogP contribution in [-0.2, 0) is 6.54 Å². The lowest BCUT2D eigenvalue weighted by Gasteiger charge is -2.06. The summed E-state index contributed by atoms with van der Waals surface area (Å²) in [5, 5.41) is 11.4. The Morgan fingerprint density at radius 1 is 1.38 bits per heavy atom. The van der Waals surface area contributed by atoms with Crippen molar-refractivity contribution in [1.82, 2.24) is 25.3 Å². The van der Waals surface area contributed by atoms with E-state index in [4.69, 9.17) is 0 Å². The van der Waals surface area contributed by atoms with Gasteiger partial charge < -0.3 is 5.32 Å². The van der Waals surface area contributed by atoms with Crippen LogP contribution in [-0.4, -0.2) is 32.4 Å². The minimum absolute atomic E-state index is 0.140. The lowest BCUT2D eigenvalue weighted by molar-refractivity contribution is 0.0955. The first-order chi connectivity index (χ1) is 11.5. The summed E-state index contributed by atoms with van der Waals surface area (Å²) in [5.74, 6) is -0.755. The second kappa shape index (κ2) is 6.44. The topological polar surface area (TPSA) is 89.8 Å². The highest BCUT2D eigenvalue weighted by molar-refractivity contribution is 7.13. The molecule has 9 heteroatoms. The number of aryl methyl sites for hydroxylation is 2.